The molecule has 0 saturated carbocycles. The van der Waals surface area contributed by atoms with E-state index in [4.69, 9.17) is 11.6 Å². The number of carbonyl (C=O) groups is 1. The van der Waals surface area contributed by atoms with Crippen LogP contribution in [0.4, 0.5) is 17.6 Å². The molecule has 2 rings (SSSR count). The van der Waals surface area contributed by atoms with Gasteiger partial charge in [-0.15, -0.1) is 0 Å². The summed E-state index contributed by atoms with van der Waals surface area (Å²) in [6.45, 7) is 0. The van der Waals surface area contributed by atoms with Crippen molar-refractivity contribution in [2.45, 2.75) is 6.18 Å². The summed E-state index contributed by atoms with van der Waals surface area (Å²) >= 11 is 5.71. The summed E-state index contributed by atoms with van der Waals surface area (Å²) in [5, 5.41) is 3.22. The number of halogens is 5. The van der Waals surface area contributed by atoms with Crippen LogP contribution in [-0.4, -0.2) is 11.4 Å². The molecular weight excluding hydrogens is 290 g/mol. The lowest BCUT2D eigenvalue weighted by Crippen LogP contribution is -2.07. The Hall–Kier alpha value is -1.89. The smallest absolute Gasteiger partial charge is 0.351 e. The van der Waals surface area contributed by atoms with Gasteiger partial charge >= 0.3 is 6.18 Å². The van der Waals surface area contributed by atoms with E-state index in [2.05, 4.69) is 9.68 Å². The molecule has 1 aromatic heterocycles. The first kappa shape index (κ1) is 13.5. The Morgan fingerprint density at radius 2 is 2.00 bits per heavy atom. The molecule has 0 N–H and O–H groups in total. The maximum absolute atomic E-state index is 13.4. The van der Waals surface area contributed by atoms with Crippen molar-refractivity contribution in [3.8, 4) is 11.3 Å². The fourth-order valence-electron chi connectivity index (χ4n) is 1.44. The zero-order valence-corrected chi connectivity index (χ0v) is 9.72. The summed E-state index contributed by atoms with van der Waals surface area (Å²) in [5.74, 6) is -1.74. The number of hydrogen-bond donors (Lipinski definition) is 0. The van der Waals surface area contributed by atoms with E-state index in [0.29, 0.717) is 18.4 Å². The van der Waals surface area contributed by atoms with Gasteiger partial charge in [0.05, 0.1) is 5.56 Å². The predicted octanol–water partition coefficient (Wildman–Crippen LogP) is 3.97. The lowest BCUT2D eigenvalue weighted by atomic mass is 10.1. The molecule has 0 amide bonds. The molecule has 0 unspecified atom stereocenters. The van der Waals surface area contributed by atoms with Gasteiger partial charge in [0.2, 0.25) is 5.76 Å². The van der Waals surface area contributed by atoms with Crippen molar-refractivity contribution in [1.82, 2.24) is 5.16 Å². The Morgan fingerprint density at radius 3 is 2.47 bits per heavy atom. The van der Waals surface area contributed by atoms with Crippen LogP contribution in [0, 0.1) is 5.82 Å². The fraction of sp³-hybridized carbons (Fsp3) is 0.0909. The summed E-state index contributed by atoms with van der Waals surface area (Å²) in [4.78, 5) is 10.5. The number of rotatable bonds is 2. The summed E-state index contributed by atoms with van der Waals surface area (Å²) in [6, 6.07) is 2.18. The molecule has 0 atom stereocenters. The van der Waals surface area contributed by atoms with Gasteiger partial charge < -0.3 is 4.52 Å². The summed E-state index contributed by atoms with van der Waals surface area (Å²) < 4.78 is 55.0. The van der Waals surface area contributed by atoms with Crippen molar-refractivity contribution < 1.29 is 26.9 Å². The number of benzene rings is 1. The van der Waals surface area contributed by atoms with Crippen LogP contribution in [0.2, 0.25) is 5.02 Å². The Labute approximate surface area is 108 Å². The second-order valence-electron chi connectivity index (χ2n) is 3.52. The van der Waals surface area contributed by atoms with E-state index < -0.39 is 17.6 Å². The summed E-state index contributed by atoms with van der Waals surface area (Å²) in [7, 11) is 0. The van der Waals surface area contributed by atoms with E-state index >= 15 is 0 Å². The highest BCUT2D eigenvalue weighted by Gasteiger charge is 2.34. The highest BCUT2D eigenvalue weighted by atomic mass is 35.5. The zero-order chi connectivity index (χ0) is 14.2. The van der Waals surface area contributed by atoms with Crippen molar-refractivity contribution >= 4 is 17.9 Å². The van der Waals surface area contributed by atoms with Gasteiger partial charge in [-0.3, -0.25) is 4.79 Å². The first-order valence-electron chi connectivity index (χ1n) is 4.82. The van der Waals surface area contributed by atoms with Crippen LogP contribution in [0.5, 0.6) is 0 Å². The Morgan fingerprint density at radius 1 is 1.32 bits per heavy atom. The number of aldehydes is 1. The normalized spacial score (nSPS) is 11.6. The summed E-state index contributed by atoms with van der Waals surface area (Å²) in [5.41, 5.74) is -1.52. The molecule has 100 valence electrons. The Bertz CT molecular complexity index is 636. The third-order valence-corrected chi connectivity index (χ3v) is 2.68. The fourth-order valence-corrected chi connectivity index (χ4v) is 1.66. The average Bonchev–Trinajstić information content (AvgIpc) is 2.68. The number of alkyl halides is 3. The second-order valence-corrected chi connectivity index (χ2v) is 3.90. The molecule has 2 aromatic rings. The SMILES string of the molecule is O=Cc1onc(-c2ccc(C(F)(F)F)c(F)c2)c1Cl. The van der Waals surface area contributed by atoms with Crippen LogP contribution in [0.1, 0.15) is 16.1 Å². The molecule has 0 fully saturated rings. The van der Waals surface area contributed by atoms with Gasteiger partial charge in [-0.1, -0.05) is 22.8 Å². The van der Waals surface area contributed by atoms with E-state index in [-0.39, 0.29) is 22.0 Å². The maximum Gasteiger partial charge on any atom is 0.419 e. The molecule has 0 saturated heterocycles. The van der Waals surface area contributed by atoms with Crippen molar-refractivity contribution in [2.75, 3.05) is 0 Å². The predicted molar refractivity (Wildman–Crippen MR) is 57.3 cm³/mol. The van der Waals surface area contributed by atoms with E-state index in [0.717, 1.165) is 6.07 Å². The van der Waals surface area contributed by atoms with Gasteiger partial charge in [0.25, 0.3) is 0 Å². The molecule has 8 heteroatoms. The van der Waals surface area contributed by atoms with Crippen molar-refractivity contribution in [1.29, 1.82) is 0 Å². The minimum absolute atomic E-state index is 0.0210. The van der Waals surface area contributed by atoms with Crippen LogP contribution in [0.25, 0.3) is 11.3 Å². The third kappa shape index (κ3) is 2.46. The highest BCUT2D eigenvalue weighted by Crippen LogP contribution is 2.35. The molecule has 0 aliphatic carbocycles. The standard InChI is InChI=1S/C11H4ClF4NO2/c12-9-8(4-18)19-17-10(9)5-1-2-6(7(13)3-5)11(14,15)16/h1-4H. The largest absolute Gasteiger partial charge is 0.419 e. The minimum Gasteiger partial charge on any atom is -0.351 e. The van der Waals surface area contributed by atoms with E-state index in [1.165, 1.54) is 0 Å². The number of aromatic nitrogens is 1. The molecule has 0 radical (unpaired) electrons. The lowest BCUT2D eigenvalue weighted by Gasteiger charge is -2.08. The van der Waals surface area contributed by atoms with Gasteiger partial charge in [0, 0.05) is 5.56 Å². The lowest BCUT2D eigenvalue weighted by molar-refractivity contribution is -0.139. The van der Waals surface area contributed by atoms with Crippen molar-refractivity contribution in [3.05, 3.63) is 40.4 Å². The summed E-state index contributed by atoms with van der Waals surface area (Å²) in [6.07, 6.45) is -4.50. The number of carbonyl (C=O) groups excluding carboxylic acids is 1. The second kappa shape index (κ2) is 4.65. The van der Waals surface area contributed by atoms with E-state index in [9.17, 15) is 22.4 Å². The molecule has 0 aliphatic rings. The molecule has 0 aliphatic heterocycles. The molecule has 1 aromatic carbocycles. The molecular formula is C11H4ClF4NO2. The number of nitrogens with zero attached hydrogens (tertiary/aromatic N) is 1. The van der Waals surface area contributed by atoms with Gasteiger partial charge in [0.15, 0.2) is 6.29 Å². The van der Waals surface area contributed by atoms with E-state index in [1.807, 2.05) is 0 Å². The first-order chi connectivity index (χ1) is 8.84. The highest BCUT2D eigenvalue weighted by molar-refractivity contribution is 6.35. The molecule has 0 spiro atoms. The van der Waals surface area contributed by atoms with Crippen LogP contribution >= 0.6 is 11.6 Å². The van der Waals surface area contributed by atoms with Gasteiger partial charge in [0.1, 0.15) is 16.5 Å². The quantitative estimate of drug-likeness (QED) is 0.621. The molecule has 1 heterocycles. The van der Waals surface area contributed by atoms with Crippen LogP contribution < -0.4 is 0 Å². The maximum atomic E-state index is 13.4. The van der Waals surface area contributed by atoms with E-state index in [1.54, 1.807) is 0 Å². The van der Waals surface area contributed by atoms with Crippen LogP contribution in [-0.2, 0) is 6.18 Å². The average molecular weight is 294 g/mol. The third-order valence-electron chi connectivity index (χ3n) is 2.31. The molecule has 19 heavy (non-hydrogen) atoms. The van der Waals surface area contributed by atoms with Crippen molar-refractivity contribution in [3.63, 3.8) is 0 Å². The molecule has 3 nitrogen and oxygen atoms in total. The van der Waals surface area contributed by atoms with Crippen molar-refractivity contribution in [2.24, 2.45) is 0 Å². The Balaban J connectivity index is 2.50. The van der Waals surface area contributed by atoms with Gasteiger partial charge in [-0.05, 0) is 12.1 Å². The van der Waals surface area contributed by atoms with Gasteiger partial charge in [-0.25, -0.2) is 4.39 Å². The monoisotopic (exact) mass is 293 g/mol. The van der Waals surface area contributed by atoms with Gasteiger partial charge in [-0.2, -0.15) is 13.2 Å². The Kier molecular flexibility index (Phi) is 3.32. The van der Waals surface area contributed by atoms with Crippen LogP contribution in [0.15, 0.2) is 22.7 Å². The molecule has 0 bridgehead atoms. The number of hydrogen-bond acceptors (Lipinski definition) is 3. The zero-order valence-electron chi connectivity index (χ0n) is 8.96. The topological polar surface area (TPSA) is 43.1 Å². The first-order valence-corrected chi connectivity index (χ1v) is 5.20. The van der Waals surface area contributed by atoms with Crippen LogP contribution in [0.3, 0.4) is 0 Å². The minimum atomic E-state index is -4.79.